The van der Waals surface area contributed by atoms with Crippen LogP contribution in [0.15, 0.2) is 12.1 Å². The van der Waals surface area contributed by atoms with Crippen LogP contribution in [0.5, 0.6) is 0 Å². The average molecular weight is 279 g/mol. The summed E-state index contributed by atoms with van der Waals surface area (Å²) in [6, 6.07) is 3.92. The van der Waals surface area contributed by atoms with Gasteiger partial charge < -0.3 is 10.4 Å². The Morgan fingerprint density at radius 3 is 2.79 bits per heavy atom. The molecule has 0 atom stereocenters. The molecule has 0 unspecified atom stereocenters. The predicted octanol–water partition coefficient (Wildman–Crippen LogP) is 2.53. The molecule has 2 N–H and O–H groups in total. The fraction of sp³-hybridized carbons (Fsp3) is 0.533. The Bertz CT molecular complexity index is 474. The standard InChI is InChI=1S/C15H21NO2S/c1-15(2,3)10-14(18)16-11-13-8-7-12(19-13)6-4-5-9-17/h7-8,17H,5,9-11H2,1-3H3,(H,16,18). The molecule has 0 aliphatic carbocycles. The molecule has 4 heteroatoms. The third-order valence-electron chi connectivity index (χ3n) is 2.26. The van der Waals surface area contributed by atoms with Gasteiger partial charge in [-0.2, -0.15) is 0 Å². The first-order valence-electron chi connectivity index (χ1n) is 6.36. The summed E-state index contributed by atoms with van der Waals surface area (Å²) in [5.41, 5.74) is 0.0143. The van der Waals surface area contributed by atoms with Gasteiger partial charge in [-0.3, -0.25) is 4.79 Å². The third-order valence-corrected chi connectivity index (χ3v) is 3.26. The van der Waals surface area contributed by atoms with Crippen molar-refractivity contribution in [3.8, 4) is 11.8 Å². The first-order valence-corrected chi connectivity index (χ1v) is 7.17. The fourth-order valence-corrected chi connectivity index (χ4v) is 2.30. The molecule has 1 rings (SSSR count). The number of nitrogens with one attached hydrogen (secondary N) is 1. The van der Waals surface area contributed by atoms with Crippen molar-refractivity contribution in [2.24, 2.45) is 5.41 Å². The second-order valence-electron chi connectivity index (χ2n) is 5.56. The van der Waals surface area contributed by atoms with Gasteiger partial charge in [0.25, 0.3) is 0 Å². The van der Waals surface area contributed by atoms with Crippen molar-refractivity contribution in [2.75, 3.05) is 6.61 Å². The smallest absolute Gasteiger partial charge is 0.220 e. The molecule has 1 heterocycles. The van der Waals surface area contributed by atoms with E-state index in [1.165, 1.54) is 0 Å². The first-order chi connectivity index (χ1) is 8.90. The van der Waals surface area contributed by atoms with E-state index < -0.39 is 0 Å². The topological polar surface area (TPSA) is 49.3 Å². The number of aliphatic hydroxyl groups excluding tert-OH is 1. The van der Waals surface area contributed by atoms with Gasteiger partial charge >= 0.3 is 0 Å². The highest BCUT2D eigenvalue weighted by atomic mass is 32.1. The molecule has 3 nitrogen and oxygen atoms in total. The van der Waals surface area contributed by atoms with Crippen molar-refractivity contribution in [1.82, 2.24) is 5.32 Å². The highest BCUT2D eigenvalue weighted by Gasteiger charge is 2.15. The maximum atomic E-state index is 11.7. The van der Waals surface area contributed by atoms with Crippen LogP contribution in [0, 0.1) is 17.3 Å². The summed E-state index contributed by atoms with van der Waals surface area (Å²) in [5.74, 6) is 5.95. The minimum absolute atomic E-state index is 0.0143. The number of aliphatic hydroxyl groups is 1. The van der Waals surface area contributed by atoms with E-state index in [9.17, 15) is 4.79 Å². The van der Waals surface area contributed by atoms with E-state index in [0.29, 0.717) is 19.4 Å². The molecule has 1 aromatic heterocycles. The zero-order valence-corrected chi connectivity index (χ0v) is 12.6. The van der Waals surface area contributed by atoms with Crippen molar-refractivity contribution in [2.45, 2.75) is 40.2 Å². The molecule has 0 bridgehead atoms. The maximum Gasteiger partial charge on any atom is 0.220 e. The Morgan fingerprint density at radius 1 is 1.42 bits per heavy atom. The second kappa shape index (κ2) is 7.32. The average Bonchev–Trinajstić information content (AvgIpc) is 2.72. The third kappa shape index (κ3) is 7.00. The molecule has 1 amide bonds. The van der Waals surface area contributed by atoms with Crippen LogP contribution in [0.1, 0.15) is 43.4 Å². The summed E-state index contributed by atoms with van der Waals surface area (Å²) in [7, 11) is 0. The Labute approximate surface area is 119 Å². The van der Waals surface area contributed by atoms with E-state index in [2.05, 4.69) is 17.2 Å². The minimum Gasteiger partial charge on any atom is -0.395 e. The molecule has 0 radical (unpaired) electrons. The highest BCUT2D eigenvalue weighted by molar-refractivity contribution is 7.12. The van der Waals surface area contributed by atoms with Crippen LogP contribution < -0.4 is 5.32 Å². The van der Waals surface area contributed by atoms with Crippen LogP contribution in [-0.4, -0.2) is 17.6 Å². The van der Waals surface area contributed by atoms with Crippen LogP contribution in [0.4, 0.5) is 0 Å². The molecule has 0 saturated carbocycles. The monoisotopic (exact) mass is 279 g/mol. The Balaban J connectivity index is 2.43. The van der Waals surface area contributed by atoms with Crippen LogP contribution >= 0.6 is 11.3 Å². The van der Waals surface area contributed by atoms with Gasteiger partial charge in [-0.15, -0.1) is 11.3 Å². The number of hydrogen-bond acceptors (Lipinski definition) is 3. The van der Waals surface area contributed by atoms with Crippen LogP contribution in [0.2, 0.25) is 0 Å². The predicted molar refractivity (Wildman–Crippen MR) is 78.8 cm³/mol. The van der Waals surface area contributed by atoms with Crippen molar-refractivity contribution < 1.29 is 9.90 Å². The number of amides is 1. The van der Waals surface area contributed by atoms with Gasteiger partial charge in [0, 0.05) is 17.7 Å². The van der Waals surface area contributed by atoms with Crippen molar-refractivity contribution in [3.05, 3.63) is 21.9 Å². The van der Waals surface area contributed by atoms with E-state index in [0.717, 1.165) is 9.75 Å². The molecular weight excluding hydrogens is 258 g/mol. The lowest BCUT2D eigenvalue weighted by Gasteiger charge is -2.16. The minimum atomic E-state index is 0.0143. The molecular formula is C15H21NO2S. The van der Waals surface area contributed by atoms with E-state index >= 15 is 0 Å². The lowest BCUT2D eigenvalue weighted by atomic mass is 9.92. The number of carbonyl (C=O) groups excluding carboxylic acids is 1. The lowest BCUT2D eigenvalue weighted by molar-refractivity contribution is -0.122. The zero-order chi connectivity index (χ0) is 14.3. The number of hydrogen-bond donors (Lipinski definition) is 2. The van der Waals surface area contributed by atoms with E-state index in [4.69, 9.17) is 5.11 Å². The molecule has 1 aromatic rings. The van der Waals surface area contributed by atoms with Gasteiger partial charge in [-0.05, 0) is 17.5 Å². The largest absolute Gasteiger partial charge is 0.395 e. The van der Waals surface area contributed by atoms with E-state index in [1.54, 1.807) is 11.3 Å². The SMILES string of the molecule is CC(C)(C)CC(=O)NCc1ccc(C#CCCO)s1. The maximum absolute atomic E-state index is 11.7. The highest BCUT2D eigenvalue weighted by Crippen LogP contribution is 2.19. The van der Waals surface area contributed by atoms with E-state index in [-0.39, 0.29) is 17.9 Å². The van der Waals surface area contributed by atoms with Crippen molar-refractivity contribution in [3.63, 3.8) is 0 Å². The van der Waals surface area contributed by atoms with Crippen molar-refractivity contribution in [1.29, 1.82) is 0 Å². The summed E-state index contributed by atoms with van der Waals surface area (Å²) >= 11 is 1.57. The summed E-state index contributed by atoms with van der Waals surface area (Å²) in [4.78, 5) is 13.7. The number of carbonyl (C=O) groups is 1. The Kier molecular flexibility index (Phi) is 6.07. The van der Waals surface area contributed by atoms with Gasteiger partial charge in [-0.1, -0.05) is 32.6 Å². The normalized spacial score (nSPS) is 10.7. The molecule has 0 aliphatic rings. The first kappa shape index (κ1) is 15.7. The summed E-state index contributed by atoms with van der Waals surface area (Å²) in [5, 5.41) is 11.6. The van der Waals surface area contributed by atoms with Crippen molar-refractivity contribution >= 4 is 17.2 Å². The molecule has 0 spiro atoms. The Hall–Kier alpha value is -1.31. The van der Waals surface area contributed by atoms with Gasteiger partial charge in [0.15, 0.2) is 0 Å². The van der Waals surface area contributed by atoms with Crippen LogP contribution in [0.25, 0.3) is 0 Å². The van der Waals surface area contributed by atoms with Gasteiger partial charge in [0.2, 0.25) is 5.91 Å². The van der Waals surface area contributed by atoms with E-state index in [1.807, 2.05) is 32.9 Å². The lowest BCUT2D eigenvalue weighted by Crippen LogP contribution is -2.26. The molecule has 0 aromatic carbocycles. The molecule has 104 valence electrons. The summed E-state index contributed by atoms with van der Waals surface area (Å²) in [6.07, 6.45) is 1.02. The number of rotatable bonds is 4. The van der Waals surface area contributed by atoms with Gasteiger partial charge in [-0.25, -0.2) is 0 Å². The van der Waals surface area contributed by atoms with Gasteiger partial charge in [0.05, 0.1) is 18.0 Å². The zero-order valence-electron chi connectivity index (χ0n) is 11.7. The van der Waals surface area contributed by atoms with Crippen LogP contribution in [0.3, 0.4) is 0 Å². The Morgan fingerprint density at radius 2 is 2.16 bits per heavy atom. The summed E-state index contributed by atoms with van der Waals surface area (Å²) in [6.45, 7) is 6.79. The molecule has 0 aliphatic heterocycles. The van der Waals surface area contributed by atoms with Crippen LogP contribution in [-0.2, 0) is 11.3 Å². The molecule has 0 saturated heterocycles. The van der Waals surface area contributed by atoms with Gasteiger partial charge in [0.1, 0.15) is 0 Å². The quantitative estimate of drug-likeness (QED) is 0.832. The number of thiophene rings is 1. The molecule has 0 fully saturated rings. The summed E-state index contributed by atoms with van der Waals surface area (Å²) < 4.78 is 0. The fourth-order valence-electron chi connectivity index (χ4n) is 1.48. The molecule has 19 heavy (non-hydrogen) atoms. The second-order valence-corrected chi connectivity index (χ2v) is 6.72.